The number of methoxy groups -OCH3 is 1. The molecule has 210 valence electrons. The predicted molar refractivity (Wildman–Crippen MR) is 146 cm³/mol. The Morgan fingerprint density at radius 3 is 2.33 bits per heavy atom. The van der Waals surface area contributed by atoms with Crippen LogP contribution in [0.3, 0.4) is 0 Å². The van der Waals surface area contributed by atoms with Crippen LogP contribution in [-0.4, -0.2) is 65.4 Å². The standard InChI is InChI=1S/C27H29N5O7S/c1-27(2,17-34)18-9-11-19(12-10-18)40(35,36)32-23-22(39-21-8-5-4-7-20(21)37-3)26(38-16-15-33)31-25(30-23)24-28-13-6-14-29-24/h4-14,33-34H,15-17H2,1-3H3,(H,30,31,32)/i3D3,16D2. The Kier molecular flexibility index (Phi) is 6.88. The van der Waals surface area contributed by atoms with Crippen molar-refractivity contribution in [1.29, 1.82) is 0 Å². The number of nitrogens with zero attached hydrogens (tertiary/aromatic N) is 4. The summed E-state index contributed by atoms with van der Waals surface area (Å²) >= 11 is 0. The van der Waals surface area contributed by atoms with Crippen molar-refractivity contribution in [1.82, 2.24) is 19.9 Å². The number of benzene rings is 2. The van der Waals surface area contributed by atoms with E-state index in [0.29, 0.717) is 5.56 Å². The van der Waals surface area contributed by atoms with Gasteiger partial charge in [0, 0.05) is 17.8 Å². The molecule has 0 radical (unpaired) electrons. The maximum Gasteiger partial charge on any atom is 0.263 e. The number of hydrogen-bond acceptors (Lipinski definition) is 11. The van der Waals surface area contributed by atoms with Gasteiger partial charge < -0.3 is 24.4 Å². The van der Waals surface area contributed by atoms with Crippen molar-refractivity contribution in [3.63, 3.8) is 0 Å². The van der Waals surface area contributed by atoms with Crippen molar-refractivity contribution >= 4 is 15.8 Å². The maximum atomic E-state index is 13.6. The van der Waals surface area contributed by atoms with Crippen LogP contribution in [0.15, 0.2) is 71.9 Å². The maximum absolute atomic E-state index is 13.6. The molecule has 0 spiro atoms. The van der Waals surface area contributed by atoms with E-state index in [4.69, 9.17) is 21.1 Å². The first-order valence-electron chi connectivity index (χ1n) is 14.2. The molecule has 2 aromatic heterocycles. The molecule has 4 rings (SSSR count). The number of hydrogen-bond donors (Lipinski definition) is 3. The largest absolute Gasteiger partial charge is 0.493 e. The van der Waals surface area contributed by atoms with Crippen molar-refractivity contribution in [2.75, 3.05) is 31.5 Å². The highest BCUT2D eigenvalue weighted by molar-refractivity contribution is 7.92. The smallest absolute Gasteiger partial charge is 0.263 e. The number of aromatic nitrogens is 4. The van der Waals surface area contributed by atoms with E-state index < -0.39 is 53.1 Å². The molecule has 3 N–H and O–H groups in total. The average Bonchev–Trinajstić information content (AvgIpc) is 2.99. The lowest BCUT2D eigenvalue weighted by Gasteiger charge is -2.22. The summed E-state index contributed by atoms with van der Waals surface area (Å²) in [5.74, 6) is -2.79. The SMILES string of the molecule is [2H]C([2H])([2H])Oc1ccccc1Oc1c(NS(=O)(=O)c2ccc(C(C)(C)CO)cc2)nc(-c2ncccn2)nc1OC([2H])([2H])CO. The number of rotatable bonds is 12. The third-order valence-electron chi connectivity index (χ3n) is 5.58. The van der Waals surface area contributed by atoms with Gasteiger partial charge in [-0.05, 0) is 35.9 Å². The summed E-state index contributed by atoms with van der Waals surface area (Å²) in [7, 11) is -7.33. The Bertz CT molecular complexity index is 1740. The van der Waals surface area contributed by atoms with Crippen LogP contribution in [0.4, 0.5) is 5.82 Å². The van der Waals surface area contributed by atoms with Crippen LogP contribution in [0.1, 0.15) is 26.3 Å². The summed E-state index contributed by atoms with van der Waals surface area (Å²) in [4.78, 5) is 16.3. The van der Waals surface area contributed by atoms with Crippen LogP contribution in [0.25, 0.3) is 11.6 Å². The quantitative estimate of drug-likeness (QED) is 0.228. The van der Waals surface area contributed by atoms with Gasteiger partial charge in [-0.3, -0.25) is 4.72 Å². The monoisotopic (exact) mass is 572 g/mol. The summed E-state index contributed by atoms with van der Waals surface area (Å²) < 4.78 is 84.2. The fourth-order valence-corrected chi connectivity index (χ4v) is 4.37. The van der Waals surface area contributed by atoms with Crippen LogP contribution in [0.2, 0.25) is 0 Å². The average molecular weight is 573 g/mol. The summed E-state index contributed by atoms with van der Waals surface area (Å²) in [6.45, 7) is -0.495. The van der Waals surface area contributed by atoms with Gasteiger partial charge in [0.1, 0.15) is 6.56 Å². The van der Waals surface area contributed by atoms with E-state index in [1.807, 2.05) is 0 Å². The minimum atomic E-state index is -4.44. The van der Waals surface area contributed by atoms with E-state index in [9.17, 15) is 18.6 Å². The third-order valence-corrected chi connectivity index (χ3v) is 6.93. The number of sulfonamides is 1. The van der Waals surface area contributed by atoms with Crippen LogP contribution in [-0.2, 0) is 15.4 Å². The molecule has 0 atom stereocenters. The van der Waals surface area contributed by atoms with Gasteiger partial charge in [-0.1, -0.05) is 38.1 Å². The second-order valence-corrected chi connectivity index (χ2v) is 10.5. The molecule has 12 nitrogen and oxygen atoms in total. The van der Waals surface area contributed by atoms with Gasteiger partial charge in [0.05, 0.1) is 32.0 Å². The summed E-state index contributed by atoms with van der Waals surface area (Å²) in [6.07, 6.45) is 2.73. The minimum Gasteiger partial charge on any atom is -0.493 e. The van der Waals surface area contributed by atoms with E-state index in [1.54, 1.807) is 13.8 Å². The second-order valence-electron chi connectivity index (χ2n) is 8.83. The molecule has 0 amide bonds. The molecular weight excluding hydrogens is 538 g/mol. The first kappa shape index (κ1) is 22.5. The highest BCUT2D eigenvalue weighted by Crippen LogP contribution is 2.41. The number of aliphatic hydroxyl groups excluding tert-OH is 2. The molecule has 0 aliphatic heterocycles. The highest BCUT2D eigenvalue weighted by Gasteiger charge is 2.27. The highest BCUT2D eigenvalue weighted by atomic mass is 32.2. The molecule has 0 bridgehead atoms. The van der Waals surface area contributed by atoms with E-state index in [-0.39, 0.29) is 34.7 Å². The lowest BCUT2D eigenvalue weighted by Crippen LogP contribution is -2.22. The lowest BCUT2D eigenvalue weighted by molar-refractivity contribution is 0.192. The zero-order valence-electron chi connectivity index (χ0n) is 26.4. The molecule has 2 heterocycles. The molecule has 40 heavy (non-hydrogen) atoms. The zero-order valence-corrected chi connectivity index (χ0v) is 22.2. The third kappa shape index (κ3) is 6.45. The molecular formula is C27H29N5O7S. The van der Waals surface area contributed by atoms with Gasteiger partial charge in [0.15, 0.2) is 23.1 Å². The predicted octanol–water partition coefficient (Wildman–Crippen LogP) is 3.18. The van der Waals surface area contributed by atoms with Gasteiger partial charge in [-0.15, -0.1) is 0 Å². The lowest BCUT2D eigenvalue weighted by atomic mass is 9.86. The first-order valence-corrected chi connectivity index (χ1v) is 13.2. The van der Waals surface area contributed by atoms with Crippen LogP contribution < -0.4 is 18.9 Å². The van der Waals surface area contributed by atoms with Crippen LogP contribution in [0, 0.1) is 0 Å². The fourth-order valence-electron chi connectivity index (χ4n) is 3.37. The van der Waals surface area contributed by atoms with E-state index in [2.05, 4.69) is 24.7 Å². The molecule has 0 saturated carbocycles. The number of nitrogens with one attached hydrogen (secondary N) is 1. The van der Waals surface area contributed by atoms with Crippen molar-refractivity contribution < 1.29 is 39.7 Å². The molecule has 4 aromatic rings. The number of aliphatic hydroxyl groups is 2. The molecule has 2 aromatic carbocycles. The van der Waals surface area contributed by atoms with Gasteiger partial charge in [0.25, 0.3) is 15.9 Å². The van der Waals surface area contributed by atoms with Crippen LogP contribution >= 0.6 is 0 Å². The van der Waals surface area contributed by atoms with Gasteiger partial charge in [0.2, 0.25) is 11.6 Å². The van der Waals surface area contributed by atoms with E-state index >= 15 is 0 Å². The molecule has 0 unspecified atom stereocenters. The summed E-state index contributed by atoms with van der Waals surface area (Å²) in [5.41, 5.74) is 0.0298. The fraction of sp³-hybridized carbons (Fsp3) is 0.259. The summed E-state index contributed by atoms with van der Waals surface area (Å²) in [6, 6.07) is 12.8. The second kappa shape index (κ2) is 12.2. The Balaban J connectivity index is 1.90. The van der Waals surface area contributed by atoms with E-state index in [1.165, 1.54) is 67.0 Å². The van der Waals surface area contributed by atoms with Gasteiger partial charge in [-0.2, -0.15) is 4.98 Å². The Morgan fingerprint density at radius 1 is 0.975 bits per heavy atom. The number of anilines is 1. The van der Waals surface area contributed by atoms with E-state index in [0.717, 1.165) is 0 Å². The molecule has 0 aliphatic carbocycles. The molecule has 0 aliphatic rings. The normalized spacial score (nSPS) is 14.2. The Morgan fingerprint density at radius 2 is 1.68 bits per heavy atom. The summed E-state index contributed by atoms with van der Waals surface area (Å²) in [5, 5.41) is 19.3. The van der Waals surface area contributed by atoms with Crippen molar-refractivity contribution in [3.8, 4) is 34.8 Å². The van der Waals surface area contributed by atoms with Crippen molar-refractivity contribution in [2.45, 2.75) is 24.2 Å². The Labute approximate surface area is 238 Å². The topological polar surface area (TPSA) is 166 Å². The Hall–Kier alpha value is -4.33. The van der Waals surface area contributed by atoms with Crippen LogP contribution in [0.5, 0.6) is 23.1 Å². The number of ether oxygens (including phenoxy) is 3. The van der Waals surface area contributed by atoms with Gasteiger partial charge >= 0.3 is 0 Å². The molecule has 0 fully saturated rings. The van der Waals surface area contributed by atoms with Crippen molar-refractivity contribution in [2.24, 2.45) is 0 Å². The first-order chi connectivity index (χ1) is 21.0. The van der Waals surface area contributed by atoms with Crippen molar-refractivity contribution in [3.05, 3.63) is 72.6 Å². The minimum absolute atomic E-state index is 0.0966. The molecule has 0 saturated heterocycles. The van der Waals surface area contributed by atoms with Gasteiger partial charge in [-0.25, -0.2) is 23.4 Å². The zero-order chi connectivity index (χ0) is 33.0. The molecule has 13 heteroatoms. The number of para-hydroxylation sites is 2.